The van der Waals surface area contributed by atoms with Gasteiger partial charge in [0.25, 0.3) is 5.69 Å². The van der Waals surface area contributed by atoms with Crippen molar-refractivity contribution in [1.29, 1.82) is 0 Å². The van der Waals surface area contributed by atoms with E-state index < -0.39 is 4.92 Å². The van der Waals surface area contributed by atoms with Crippen molar-refractivity contribution < 1.29 is 9.72 Å². The van der Waals surface area contributed by atoms with Crippen molar-refractivity contribution in [2.24, 2.45) is 0 Å². The van der Waals surface area contributed by atoms with Crippen LogP contribution in [0.15, 0.2) is 48.5 Å². The van der Waals surface area contributed by atoms with Crippen molar-refractivity contribution >= 4 is 17.3 Å². The maximum Gasteiger partial charge on any atom is 0.292 e. The van der Waals surface area contributed by atoms with Gasteiger partial charge in [0.05, 0.1) is 11.0 Å². The van der Waals surface area contributed by atoms with Crippen LogP contribution in [-0.4, -0.2) is 17.4 Å². The Morgan fingerprint density at radius 3 is 2.48 bits per heavy atom. The molecule has 1 unspecified atom stereocenters. The number of aryl methyl sites for hydroxylation is 1. The molecule has 0 fully saturated rings. The molecule has 132 valence electrons. The summed E-state index contributed by atoms with van der Waals surface area (Å²) in [4.78, 5) is 22.7. The summed E-state index contributed by atoms with van der Waals surface area (Å²) < 4.78 is 0. The fourth-order valence-electron chi connectivity index (χ4n) is 2.58. The van der Waals surface area contributed by atoms with Gasteiger partial charge in [0.1, 0.15) is 5.69 Å². The molecule has 0 saturated carbocycles. The van der Waals surface area contributed by atoms with Crippen molar-refractivity contribution in [3.8, 4) is 0 Å². The SMILES string of the molecule is CCC(NC(=O)CCNc1ccccc1[N+](=O)[O-])c1ccc(C)cc1. The average molecular weight is 341 g/mol. The number of benzene rings is 2. The molecule has 0 aliphatic heterocycles. The first-order valence-electron chi connectivity index (χ1n) is 8.34. The zero-order valence-corrected chi connectivity index (χ0v) is 14.5. The Bertz CT molecular complexity index is 729. The first-order chi connectivity index (χ1) is 12.0. The molecule has 0 aromatic heterocycles. The minimum atomic E-state index is -0.438. The molecular formula is C19H23N3O3. The van der Waals surface area contributed by atoms with E-state index in [9.17, 15) is 14.9 Å². The third-order valence-corrected chi connectivity index (χ3v) is 3.99. The Morgan fingerprint density at radius 1 is 1.16 bits per heavy atom. The van der Waals surface area contributed by atoms with Gasteiger partial charge >= 0.3 is 0 Å². The zero-order valence-electron chi connectivity index (χ0n) is 14.5. The van der Waals surface area contributed by atoms with E-state index in [0.29, 0.717) is 12.2 Å². The van der Waals surface area contributed by atoms with Gasteiger partial charge in [0, 0.05) is 19.0 Å². The lowest BCUT2D eigenvalue weighted by atomic mass is 10.0. The van der Waals surface area contributed by atoms with E-state index in [1.54, 1.807) is 18.2 Å². The molecule has 0 spiro atoms. The van der Waals surface area contributed by atoms with Gasteiger partial charge in [0.15, 0.2) is 0 Å². The van der Waals surface area contributed by atoms with Crippen molar-refractivity contribution in [3.05, 3.63) is 69.8 Å². The van der Waals surface area contributed by atoms with Crippen LogP contribution in [0.5, 0.6) is 0 Å². The average Bonchev–Trinajstić information content (AvgIpc) is 2.61. The Labute approximate surface area is 147 Å². The van der Waals surface area contributed by atoms with Crippen LogP contribution in [0.25, 0.3) is 0 Å². The van der Waals surface area contributed by atoms with Gasteiger partial charge in [0.2, 0.25) is 5.91 Å². The molecule has 6 heteroatoms. The molecule has 1 amide bonds. The molecule has 0 bridgehead atoms. The number of hydrogen-bond donors (Lipinski definition) is 2. The molecule has 6 nitrogen and oxygen atoms in total. The van der Waals surface area contributed by atoms with E-state index in [1.165, 1.54) is 11.6 Å². The van der Waals surface area contributed by atoms with Gasteiger partial charge in [-0.05, 0) is 25.0 Å². The summed E-state index contributed by atoms with van der Waals surface area (Å²) >= 11 is 0. The van der Waals surface area contributed by atoms with Crippen LogP contribution in [0.4, 0.5) is 11.4 Å². The van der Waals surface area contributed by atoms with Gasteiger partial charge in [-0.15, -0.1) is 0 Å². The van der Waals surface area contributed by atoms with Crippen molar-refractivity contribution in [2.45, 2.75) is 32.7 Å². The number of carbonyl (C=O) groups excluding carboxylic acids is 1. The van der Waals surface area contributed by atoms with Crippen LogP contribution < -0.4 is 10.6 Å². The van der Waals surface area contributed by atoms with E-state index >= 15 is 0 Å². The third kappa shape index (κ3) is 5.31. The first-order valence-corrected chi connectivity index (χ1v) is 8.34. The zero-order chi connectivity index (χ0) is 18.2. The van der Waals surface area contributed by atoms with Gasteiger partial charge in [-0.3, -0.25) is 14.9 Å². The largest absolute Gasteiger partial charge is 0.379 e. The molecule has 0 aliphatic rings. The molecule has 0 saturated heterocycles. The lowest BCUT2D eigenvalue weighted by Crippen LogP contribution is -2.29. The number of carbonyl (C=O) groups is 1. The highest BCUT2D eigenvalue weighted by atomic mass is 16.6. The van der Waals surface area contributed by atoms with Gasteiger partial charge in [-0.25, -0.2) is 0 Å². The molecule has 25 heavy (non-hydrogen) atoms. The van der Waals surface area contributed by atoms with E-state index in [1.807, 2.05) is 38.1 Å². The minimum Gasteiger partial charge on any atom is -0.379 e. The predicted molar refractivity (Wildman–Crippen MR) is 98.6 cm³/mol. The molecular weight excluding hydrogens is 318 g/mol. The Balaban J connectivity index is 1.88. The summed E-state index contributed by atoms with van der Waals surface area (Å²) in [5.74, 6) is -0.0847. The van der Waals surface area contributed by atoms with Crippen LogP contribution in [0.3, 0.4) is 0 Å². The number of nitro benzene ring substituents is 1. The standard InChI is InChI=1S/C19H23N3O3/c1-3-16(15-10-8-14(2)9-11-15)21-19(23)12-13-20-17-6-4-5-7-18(17)22(24)25/h4-11,16,20H,3,12-13H2,1-2H3,(H,21,23). The molecule has 0 radical (unpaired) electrons. The summed E-state index contributed by atoms with van der Waals surface area (Å²) in [5, 5.41) is 16.9. The van der Waals surface area contributed by atoms with E-state index in [4.69, 9.17) is 0 Å². The second kappa shape index (κ2) is 8.82. The topological polar surface area (TPSA) is 84.3 Å². The van der Waals surface area contributed by atoms with E-state index in [2.05, 4.69) is 10.6 Å². The number of rotatable bonds is 8. The monoisotopic (exact) mass is 341 g/mol. The van der Waals surface area contributed by atoms with Crippen LogP contribution in [0.1, 0.15) is 36.9 Å². The number of anilines is 1. The maximum absolute atomic E-state index is 12.2. The molecule has 0 aliphatic carbocycles. The number of nitrogens with one attached hydrogen (secondary N) is 2. The summed E-state index contributed by atoms with van der Waals surface area (Å²) in [5.41, 5.74) is 2.69. The lowest BCUT2D eigenvalue weighted by molar-refractivity contribution is -0.384. The van der Waals surface area contributed by atoms with Gasteiger partial charge < -0.3 is 10.6 Å². The number of nitro groups is 1. The first kappa shape index (κ1) is 18.4. The minimum absolute atomic E-state index is 0.00833. The highest BCUT2D eigenvalue weighted by Crippen LogP contribution is 2.23. The Hall–Kier alpha value is -2.89. The normalized spacial score (nSPS) is 11.6. The summed E-state index contributed by atoms with van der Waals surface area (Å²) in [6.45, 7) is 4.38. The fraction of sp³-hybridized carbons (Fsp3) is 0.316. The van der Waals surface area contributed by atoms with Crippen molar-refractivity contribution in [2.75, 3.05) is 11.9 Å². The van der Waals surface area contributed by atoms with Crippen LogP contribution in [0.2, 0.25) is 0 Å². The van der Waals surface area contributed by atoms with Crippen molar-refractivity contribution in [1.82, 2.24) is 5.32 Å². The molecule has 2 N–H and O–H groups in total. The van der Waals surface area contributed by atoms with Crippen LogP contribution in [0, 0.1) is 17.0 Å². The van der Waals surface area contributed by atoms with E-state index in [-0.39, 0.29) is 24.1 Å². The number of para-hydroxylation sites is 2. The Kier molecular flexibility index (Phi) is 6.51. The smallest absolute Gasteiger partial charge is 0.292 e. The van der Waals surface area contributed by atoms with E-state index in [0.717, 1.165) is 12.0 Å². The van der Waals surface area contributed by atoms with Crippen molar-refractivity contribution in [3.63, 3.8) is 0 Å². The molecule has 2 rings (SSSR count). The number of hydrogen-bond acceptors (Lipinski definition) is 4. The third-order valence-electron chi connectivity index (χ3n) is 3.99. The number of nitrogens with zero attached hydrogens (tertiary/aromatic N) is 1. The molecule has 2 aromatic rings. The Morgan fingerprint density at radius 2 is 1.84 bits per heavy atom. The second-order valence-corrected chi connectivity index (χ2v) is 5.89. The highest BCUT2D eigenvalue weighted by Gasteiger charge is 2.14. The maximum atomic E-state index is 12.2. The van der Waals surface area contributed by atoms with Gasteiger partial charge in [-0.1, -0.05) is 48.9 Å². The van der Waals surface area contributed by atoms with Crippen LogP contribution >= 0.6 is 0 Å². The molecule has 2 aromatic carbocycles. The summed E-state index contributed by atoms with van der Waals surface area (Å²) in [6.07, 6.45) is 1.04. The fourth-order valence-corrected chi connectivity index (χ4v) is 2.58. The number of amides is 1. The summed E-state index contributed by atoms with van der Waals surface area (Å²) in [6, 6.07) is 14.5. The quantitative estimate of drug-likeness (QED) is 0.562. The second-order valence-electron chi connectivity index (χ2n) is 5.89. The lowest BCUT2D eigenvalue weighted by Gasteiger charge is -2.18. The van der Waals surface area contributed by atoms with Crippen LogP contribution in [-0.2, 0) is 4.79 Å². The highest BCUT2D eigenvalue weighted by molar-refractivity contribution is 5.77. The molecule has 0 heterocycles. The predicted octanol–water partition coefficient (Wildman–Crippen LogP) is 3.97. The summed E-state index contributed by atoms with van der Waals surface area (Å²) in [7, 11) is 0. The molecule has 1 atom stereocenters. The van der Waals surface area contributed by atoms with Gasteiger partial charge in [-0.2, -0.15) is 0 Å².